The van der Waals surface area contributed by atoms with E-state index in [-0.39, 0.29) is 47.9 Å². The van der Waals surface area contributed by atoms with Gasteiger partial charge in [-0.15, -0.1) is 24.0 Å². The summed E-state index contributed by atoms with van der Waals surface area (Å²) < 4.78 is 6.14. The van der Waals surface area contributed by atoms with Gasteiger partial charge in [0.1, 0.15) is 6.54 Å². The second-order valence-electron chi connectivity index (χ2n) is 10.2. The SMILES string of the molecule is CN(C)C(=O)CN=C(NCC1CCCOC1C(C)(C)C)NC1CCc2ccccc2C1.I. The maximum Gasteiger partial charge on any atom is 0.243 e. The van der Waals surface area contributed by atoms with Gasteiger partial charge in [-0.1, -0.05) is 45.0 Å². The number of guanidine groups is 1. The van der Waals surface area contributed by atoms with Crippen LogP contribution in [0.25, 0.3) is 0 Å². The highest BCUT2D eigenvalue weighted by Gasteiger charge is 2.35. The van der Waals surface area contributed by atoms with Crippen molar-refractivity contribution in [1.29, 1.82) is 0 Å². The zero-order valence-electron chi connectivity index (χ0n) is 20.3. The van der Waals surface area contributed by atoms with Gasteiger partial charge >= 0.3 is 0 Å². The lowest BCUT2D eigenvalue weighted by Gasteiger charge is -2.40. The van der Waals surface area contributed by atoms with Crippen LogP contribution >= 0.6 is 24.0 Å². The van der Waals surface area contributed by atoms with Crippen LogP contribution in [0.4, 0.5) is 0 Å². The van der Waals surface area contributed by atoms with Crippen LogP contribution in [0.2, 0.25) is 0 Å². The molecule has 180 valence electrons. The Balaban J connectivity index is 0.00000363. The van der Waals surface area contributed by atoms with Gasteiger partial charge in [0.2, 0.25) is 5.91 Å². The Morgan fingerprint density at radius 2 is 1.91 bits per heavy atom. The molecule has 6 nitrogen and oxygen atoms in total. The first-order chi connectivity index (χ1) is 14.7. The van der Waals surface area contributed by atoms with Gasteiger partial charge in [-0.05, 0) is 48.6 Å². The van der Waals surface area contributed by atoms with Crippen molar-refractivity contribution in [3.05, 3.63) is 35.4 Å². The first-order valence-electron chi connectivity index (χ1n) is 11.7. The minimum absolute atomic E-state index is 0. The highest BCUT2D eigenvalue weighted by molar-refractivity contribution is 14.0. The van der Waals surface area contributed by atoms with Gasteiger partial charge in [0.25, 0.3) is 0 Å². The summed E-state index contributed by atoms with van der Waals surface area (Å²) in [6.45, 7) is 8.54. The van der Waals surface area contributed by atoms with Crippen molar-refractivity contribution in [2.75, 3.05) is 33.8 Å². The molecule has 0 aromatic heterocycles. The predicted octanol–water partition coefficient (Wildman–Crippen LogP) is 3.63. The lowest BCUT2D eigenvalue weighted by Crippen LogP contribution is -2.50. The monoisotopic (exact) mass is 556 g/mol. The second-order valence-corrected chi connectivity index (χ2v) is 10.2. The molecule has 0 saturated carbocycles. The number of amides is 1. The number of aryl methyl sites for hydroxylation is 1. The molecule has 0 spiro atoms. The molecular weight excluding hydrogens is 515 g/mol. The molecule has 2 aliphatic rings. The molecular formula is C25H41IN4O2. The standard InChI is InChI=1S/C25H40N4O2.HI/c1-25(2,3)23-20(11-8-14-31-23)16-26-24(27-17-22(30)29(4)5)28-21-13-12-18-9-6-7-10-19(18)15-21;/h6-7,9-10,20-21,23H,8,11-17H2,1-5H3,(H2,26,27,28);1H. The maximum absolute atomic E-state index is 12.1. The largest absolute Gasteiger partial charge is 0.377 e. The molecule has 3 unspecified atom stereocenters. The number of fused-ring (bicyclic) bond motifs is 1. The Kier molecular flexibility index (Phi) is 10.3. The quantitative estimate of drug-likeness (QED) is 0.331. The molecule has 1 saturated heterocycles. The third kappa shape index (κ3) is 7.61. The van der Waals surface area contributed by atoms with E-state index in [2.05, 4.69) is 60.7 Å². The fraction of sp³-hybridized carbons (Fsp3) is 0.680. The minimum atomic E-state index is 0. The molecule has 1 fully saturated rings. The van der Waals surface area contributed by atoms with Gasteiger partial charge in [-0.2, -0.15) is 0 Å². The number of nitrogens with one attached hydrogen (secondary N) is 2. The van der Waals surface area contributed by atoms with E-state index >= 15 is 0 Å². The van der Waals surface area contributed by atoms with Crippen molar-refractivity contribution in [1.82, 2.24) is 15.5 Å². The molecule has 1 aromatic rings. The average Bonchev–Trinajstić information content (AvgIpc) is 2.74. The Bertz CT molecular complexity index is 775. The maximum atomic E-state index is 12.1. The average molecular weight is 557 g/mol. The molecule has 3 rings (SSSR count). The van der Waals surface area contributed by atoms with Crippen LogP contribution in [0.5, 0.6) is 0 Å². The molecule has 32 heavy (non-hydrogen) atoms. The molecule has 1 aliphatic carbocycles. The van der Waals surface area contributed by atoms with Gasteiger partial charge in [-0.25, -0.2) is 4.99 Å². The van der Waals surface area contributed by atoms with Crippen LogP contribution in [0.3, 0.4) is 0 Å². The number of nitrogens with zero attached hydrogens (tertiary/aromatic N) is 2. The summed E-state index contributed by atoms with van der Waals surface area (Å²) in [7, 11) is 3.54. The number of carbonyl (C=O) groups excluding carboxylic acids is 1. The van der Waals surface area contributed by atoms with E-state index in [1.54, 1.807) is 19.0 Å². The van der Waals surface area contributed by atoms with Crippen LogP contribution in [-0.2, 0) is 22.4 Å². The van der Waals surface area contributed by atoms with E-state index in [9.17, 15) is 4.79 Å². The topological polar surface area (TPSA) is 66.0 Å². The summed E-state index contributed by atoms with van der Waals surface area (Å²) in [6.07, 6.45) is 5.58. The van der Waals surface area contributed by atoms with E-state index in [0.29, 0.717) is 12.0 Å². The van der Waals surface area contributed by atoms with E-state index in [1.165, 1.54) is 11.1 Å². The minimum Gasteiger partial charge on any atom is -0.377 e. The third-order valence-electron chi connectivity index (χ3n) is 6.39. The van der Waals surface area contributed by atoms with Crippen LogP contribution in [0.1, 0.15) is 51.2 Å². The highest BCUT2D eigenvalue weighted by Crippen LogP contribution is 2.33. The van der Waals surface area contributed by atoms with E-state index in [0.717, 1.165) is 51.2 Å². The summed E-state index contributed by atoms with van der Waals surface area (Å²) >= 11 is 0. The zero-order valence-corrected chi connectivity index (χ0v) is 22.6. The highest BCUT2D eigenvalue weighted by atomic mass is 127. The molecule has 1 amide bonds. The number of hydrogen-bond acceptors (Lipinski definition) is 3. The van der Waals surface area contributed by atoms with Gasteiger partial charge in [0.05, 0.1) is 6.10 Å². The Morgan fingerprint density at radius 1 is 1.19 bits per heavy atom. The Hall–Kier alpha value is -1.35. The van der Waals surface area contributed by atoms with Gasteiger partial charge < -0.3 is 20.3 Å². The lowest BCUT2D eigenvalue weighted by atomic mass is 9.78. The van der Waals surface area contributed by atoms with Crippen molar-refractivity contribution < 1.29 is 9.53 Å². The molecule has 7 heteroatoms. The van der Waals surface area contributed by atoms with Crippen LogP contribution in [0, 0.1) is 11.3 Å². The fourth-order valence-electron chi connectivity index (χ4n) is 4.69. The van der Waals surface area contributed by atoms with Crippen LogP contribution < -0.4 is 10.6 Å². The van der Waals surface area contributed by atoms with Crippen LogP contribution in [-0.4, -0.2) is 62.7 Å². The van der Waals surface area contributed by atoms with E-state index < -0.39 is 0 Å². The first kappa shape index (κ1) is 26.9. The summed E-state index contributed by atoms with van der Waals surface area (Å²) in [6, 6.07) is 8.99. The molecule has 1 heterocycles. The number of rotatable bonds is 5. The number of hydrogen-bond donors (Lipinski definition) is 2. The summed E-state index contributed by atoms with van der Waals surface area (Å²) in [5.41, 5.74) is 2.96. The van der Waals surface area contributed by atoms with Crippen molar-refractivity contribution in [3.63, 3.8) is 0 Å². The normalized spacial score (nSPS) is 23.5. The lowest BCUT2D eigenvalue weighted by molar-refractivity contribution is -0.127. The third-order valence-corrected chi connectivity index (χ3v) is 6.39. The molecule has 1 aromatic carbocycles. The van der Waals surface area contributed by atoms with Crippen molar-refractivity contribution in [3.8, 4) is 0 Å². The number of likely N-dealkylation sites (N-methyl/N-ethyl adjacent to an activating group) is 1. The zero-order chi connectivity index (χ0) is 22.4. The molecule has 1 aliphatic heterocycles. The molecule has 3 atom stereocenters. The number of carbonyl (C=O) groups is 1. The fourth-order valence-corrected chi connectivity index (χ4v) is 4.69. The summed E-state index contributed by atoms with van der Waals surface area (Å²) in [5.74, 6) is 1.17. The summed E-state index contributed by atoms with van der Waals surface area (Å²) in [5, 5.41) is 7.16. The van der Waals surface area contributed by atoms with Crippen molar-refractivity contribution in [2.24, 2.45) is 16.3 Å². The van der Waals surface area contributed by atoms with Gasteiger partial charge in [0.15, 0.2) is 5.96 Å². The van der Waals surface area contributed by atoms with E-state index in [1.807, 2.05) is 0 Å². The smallest absolute Gasteiger partial charge is 0.243 e. The van der Waals surface area contributed by atoms with Crippen molar-refractivity contribution in [2.45, 2.75) is 65.0 Å². The first-order valence-corrected chi connectivity index (χ1v) is 11.7. The Morgan fingerprint density at radius 3 is 2.59 bits per heavy atom. The van der Waals surface area contributed by atoms with Gasteiger partial charge in [0, 0.05) is 39.2 Å². The number of halogens is 1. The van der Waals surface area contributed by atoms with Crippen molar-refractivity contribution >= 4 is 35.8 Å². The molecule has 2 N–H and O–H groups in total. The second kappa shape index (κ2) is 12.2. The number of benzene rings is 1. The van der Waals surface area contributed by atoms with E-state index in [4.69, 9.17) is 4.74 Å². The predicted molar refractivity (Wildman–Crippen MR) is 142 cm³/mol. The number of ether oxygens (including phenoxy) is 1. The van der Waals surface area contributed by atoms with Gasteiger partial charge in [-0.3, -0.25) is 4.79 Å². The van der Waals surface area contributed by atoms with Crippen LogP contribution in [0.15, 0.2) is 29.3 Å². The molecule has 0 radical (unpaired) electrons. The number of aliphatic imine (C=N–C) groups is 1. The molecule has 0 bridgehead atoms. The Labute approximate surface area is 211 Å². The summed E-state index contributed by atoms with van der Waals surface area (Å²) in [4.78, 5) is 18.4.